The summed E-state index contributed by atoms with van der Waals surface area (Å²) in [6, 6.07) is 10.7. The quantitative estimate of drug-likeness (QED) is 0.773. The van der Waals surface area contributed by atoms with Crippen molar-refractivity contribution in [2.24, 2.45) is 0 Å². The number of halogens is 2. The molecule has 0 aromatic heterocycles. The lowest BCUT2D eigenvalue weighted by atomic mass is 10.2. The summed E-state index contributed by atoms with van der Waals surface area (Å²) in [6.45, 7) is 2.45. The first kappa shape index (κ1) is 16.3. The Morgan fingerprint density at radius 2 is 2.05 bits per heavy atom. The van der Waals surface area contributed by atoms with Gasteiger partial charge in [0.1, 0.15) is 5.75 Å². The van der Waals surface area contributed by atoms with Gasteiger partial charge in [-0.05, 0) is 42.8 Å². The molecule has 1 unspecified atom stereocenters. The van der Waals surface area contributed by atoms with Crippen molar-refractivity contribution in [3.05, 3.63) is 51.5 Å². The Kier molecular flexibility index (Phi) is 5.67. The molecular weight excluding hydrogens is 374 g/mol. The van der Waals surface area contributed by atoms with Crippen LogP contribution in [0.2, 0.25) is 5.02 Å². The van der Waals surface area contributed by atoms with Crippen LogP contribution in [0.15, 0.2) is 45.8 Å². The topological polar surface area (TPSA) is 52.3 Å². The Hall–Kier alpha value is -1.04. The van der Waals surface area contributed by atoms with Crippen molar-refractivity contribution < 1.29 is 8.95 Å². The van der Waals surface area contributed by atoms with Crippen LogP contribution in [-0.4, -0.2) is 10.8 Å². The first-order chi connectivity index (χ1) is 10.0. The third kappa shape index (κ3) is 4.22. The normalized spacial score (nSPS) is 12.1. The molecule has 0 fully saturated rings. The van der Waals surface area contributed by atoms with Gasteiger partial charge in [0, 0.05) is 15.2 Å². The van der Waals surface area contributed by atoms with Crippen molar-refractivity contribution in [2.45, 2.75) is 17.6 Å². The highest BCUT2D eigenvalue weighted by atomic mass is 79.9. The molecule has 0 radical (unpaired) electrons. The smallest absolute Gasteiger partial charge is 0.120 e. The Labute approximate surface area is 140 Å². The van der Waals surface area contributed by atoms with Crippen LogP contribution < -0.4 is 10.5 Å². The maximum atomic E-state index is 12.5. The van der Waals surface area contributed by atoms with Gasteiger partial charge < -0.3 is 10.5 Å². The van der Waals surface area contributed by atoms with Gasteiger partial charge >= 0.3 is 0 Å². The molecular formula is C15H15BrClNO2S. The zero-order valence-corrected chi connectivity index (χ0v) is 14.6. The fraction of sp³-hybridized carbons (Fsp3) is 0.200. The predicted molar refractivity (Wildman–Crippen MR) is 91.3 cm³/mol. The average Bonchev–Trinajstić information content (AvgIpc) is 2.44. The van der Waals surface area contributed by atoms with E-state index in [2.05, 4.69) is 15.9 Å². The standard InChI is InChI=1S/C15H15BrClNO2S/c1-2-20-12-5-6-14(18)15(8-12)21(19)9-10-3-4-11(16)7-13(10)17/h3-8H,2,9,18H2,1H3. The maximum absolute atomic E-state index is 12.5. The van der Waals surface area contributed by atoms with Crippen molar-refractivity contribution >= 4 is 44.0 Å². The van der Waals surface area contributed by atoms with Crippen LogP contribution in [0.3, 0.4) is 0 Å². The predicted octanol–water partition coefficient (Wildman–Crippen LogP) is 4.39. The van der Waals surface area contributed by atoms with Gasteiger partial charge in [-0.1, -0.05) is 33.6 Å². The van der Waals surface area contributed by atoms with Crippen LogP contribution in [0.5, 0.6) is 5.75 Å². The molecule has 0 bridgehead atoms. The fourth-order valence-electron chi connectivity index (χ4n) is 1.83. The Morgan fingerprint density at radius 3 is 2.71 bits per heavy atom. The Bertz CT molecular complexity index is 679. The number of ether oxygens (including phenoxy) is 1. The van der Waals surface area contributed by atoms with E-state index < -0.39 is 10.8 Å². The van der Waals surface area contributed by atoms with Crippen LogP contribution in [0.1, 0.15) is 12.5 Å². The van der Waals surface area contributed by atoms with Crippen LogP contribution in [-0.2, 0) is 16.6 Å². The molecule has 3 nitrogen and oxygen atoms in total. The largest absolute Gasteiger partial charge is 0.494 e. The zero-order chi connectivity index (χ0) is 15.4. The van der Waals surface area contributed by atoms with Gasteiger partial charge in [0.05, 0.1) is 28.1 Å². The number of benzene rings is 2. The fourth-order valence-corrected chi connectivity index (χ4v) is 3.91. The highest BCUT2D eigenvalue weighted by molar-refractivity contribution is 9.10. The second-order valence-corrected chi connectivity index (χ2v) is 7.10. The highest BCUT2D eigenvalue weighted by Crippen LogP contribution is 2.27. The van der Waals surface area contributed by atoms with Crippen LogP contribution in [0.4, 0.5) is 5.69 Å². The van der Waals surface area contributed by atoms with Crippen LogP contribution >= 0.6 is 27.5 Å². The van der Waals surface area contributed by atoms with Gasteiger partial charge in [-0.2, -0.15) is 0 Å². The summed E-state index contributed by atoms with van der Waals surface area (Å²) in [5, 5.41) is 0.581. The lowest BCUT2D eigenvalue weighted by molar-refractivity contribution is 0.339. The highest BCUT2D eigenvalue weighted by Gasteiger charge is 2.12. The molecule has 0 aliphatic heterocycles. The summed E-state index contributed by atoms with van der Waals surface area (Å²) >= 11 is 9.51. The van der Waals surface area contributed by atoms with E-state index in [4.69, 9.17) is 22.1 Å². The summed E-state index contributed by atoms with van der Waals surface area (Å²) in [4.78, 5) is 0.569. The molecule has 0 heterocycles. The van der Waals surface area contributed by atoms with Crippen molar-refractivity contribution in [1.29, 1.82) is 0 Å². The van der Waals surface area contributed by atoms with Gasteiger partial charge in [-0.15, -0.1) is 0 Å². The molecule has 0 saturated carbocycles. The van der Waals surface area contributed by atoms with E-state index in [9.17, 15) is 4.21 Å². The molecule has 112 valence electrons. The van der Waals surface area contributed by atoms with Gasteiger partial charge in [0.25, 0.3) is 0 Å². The van der Waals surface area contributed by atoms with Crippen molar-refractivity contribution in [2.75, 3.05) is 12.3 Å². The minimum Gasteiger partial charge on any atom is -0.494 e. The van der Waals surface area contributed by atoms with Gasteiger partial charge in [0.2, 0.25) is 0 Å². The second-order valence-electron chi connectivity index (χ2n) is 4.36. The molecule has 2 N–H and O–H groups in total. The van der Waals surface area contributed by atoms with E-state index in [0.29, 0.717) is 33.7 Å². The molecule has 2 aromatic rings. The van der Waals surface area contributed by atoms with Gasteiger partial charge in [-0.25, -0.2) is 0 Å². The molecule has 0 aliphatic rings. The molecule has 0 aliphatic carbocycles. The molecule has 6 heteroatoms. The molecule has 0 spiro atoms. The third-order valence-corrected chi connectivity index (χ3v) is 5.11. The molecule has 0 saturated heterocycles. The minimum atomic E-state index is -1.28. The van der Waals surface area contributed by atoms with E-state index >= 15 is 0 Å². The average molecular weight is 389 g/mol. The Balaban J connectivity index is 2.25. The van der Waals surface area contributed by atoms with E-state index in [1.165, 1.54) is 0 Å². The van der Waals surface area contributed by atoms with Gasteiger partial charge in [-0.3, -0.25) is 4.21 Å². The van der Waals surface area contributed by atoms with E-state index in [-0.39, 0.29) is 0 Å². The summed E-state index contributed by atoms with van der Waals surface area (Å²) in [7, 11) is -1.28. The third-order valence-electron chi connectivity index (χ3n) is 2.84. The number of nitrogen functional groups attached to an aromatic ring is 1. The number of hydrogen-bond acceptors (Lipinski definition) is 3. The number of nitrogens with two attached hydrogens (primary N) is 1. The molecule has 0 amide bonds. The summed E-state index contributed by atoms with van der Waals surface area (Å²) in [5.74, 6) is 0.975. The molecule has 2 rings (SSSR count). The minimum absolute atomic E-state index is 0.311. The van der Waals surface area contributed by atoms with Crippen molar-refractivity contribution in [3.8, 4) is 5.75 Å². The number of rotatable bonds is 5. The second kappa shape index (κ2) is 7.29. The SMILES string of the molecule is CCOc1ccc(N)c(S(=O)Cc2ccc(Br)cc2Cl)c1. The first-order valence-electron chi connectivity index (χ1n) is 6.36. The summed E-state index contributed by atoms with van der Waals surface area (Å²) in [5.41, 5.74) is 7.22. The van der Waals surface area contributed by atoms with Crippen molar-refractivity contribution in [3.63, 3.8) is 0 Å². The monoisotopic (exact) mass is 387 g/mol. The number of hydrogen-bond donors (Lipinski definition) is 1. The molecule has 2 aromatic carbocycles. The zero-order valence-electron chi connectivity index (χ0n) is 11.4. The van der Waals surface area contributed by atoms with E-state index in [1.807, 2.05) is 19.1 Å². The van der Waals surface area contributed by atoms with E-state index in [0.717, 1.165) is 10.0 Å². The summed E-state index contributed by atoms with van der Waals surface area (Å²) < 4.78 is 18.8. The van der Waals surface area contributed by atoms with Crippen molar-refractivity contribution in [1.82, 2.24) is 0 Å². The number of anilines is 1. The van der Waals surface area contributed by atoms with Gasteiger partial charge in [0.15, 0.2) is 0 Å². The first-order valence-corrected chi connectivity index (χ1v) is 8.85. The molecule has 21 heavy (non-hydrogen) atoms. The molecule has 1 atom stereocenters. The lowest BCUT2D eigenvalue weighted by Crippen LogP contribution is -2.02. The lowest BCUT2D eigenvalue weighted by Gasteiger charge is -2.10. The summed E-state index contributed by atoms with van der Waals surface area (Å²) in [6.07, 6.45) is 0. The maximum Gasteiger partial charge on any atom is 0.120 e. The van der Waals surface area contributed by atoms with Crippen LogP contribution in [0, 0.1) is 0 Å². The van der Waals surface area contributed by atoms with Crippen LogP contribution in [0.25, 0.3) is 0 Å². The van der Waals surface area contributed by atoms with E-state index in [1.54, 1.807) is 24.3 Å². The Morgan fingerprint density at radius 1 is 1.29 bits per heavy atom.